The highest BCUT2D eigenvalue weighted by Crippen LogP contribution is 2.44. The molecule has 2 aliphatic rings. The van der Waals surface area contributed by atoms with E-state index in [1.54, 1.807) is 11.8 Å². The molecule has 2 amide bonds. The fraction of sp³-hybridized carbons (Fsp3) is 0.400. The first-order chi connectivity index (χ1) is 16.4. The lowest BCUT2D eigenvalue weighted by atomic mass is 9.98. The van der Waals surface area contributed by atoms with Gasteiger partial charge in [0.05, 0.1) is 25.0 Å². The van der Waals surface area contributed by atoms with Crippen molar-refractivity contribution in [1.82, 2.24) is 10.2 Å². The van der Waals surface area contributed by atoms with E-state index in [-0.39, 0.29) is 43.9 Å². The number of carbonyl (C=O) groups excluding carboxylic acids is 2. The van der Waals surface area contributed by atoms with Gasteiger partial charge in [-0.25, -0.2) is 4.79 Å². The van der Waals surface area contributed by atoms with Crippen molar-refractivity contribution in [2.75, 3.05) is 31.2 Å². The number of hydrogen-bond acceptors (Lipinski definition) is 6. The number of rotatable bonds is 8. The number of amides is 2. The number of thioether (sulfide) groups is 1. The molecule has 0 spiro atoms. The zero-order chi connectivity index (χ0) is 24.1. The van der Waals surface area contributed by atoms with Crippen LogP contribution in [0.1, 0.15) is 29.9 Å². The topological polar surface area (TPSA) is 116 Å². The molecular formula is C25H28N2O6S. The molecule has 0 aromatic heterocycles. The van der Waals surface area contributed by atoms with E-state index in [0.717, 1.165) is 28.0 Å². The molecule has 34 heavy (non-hydrogen) atoms. The third-order valence-corrected chi connectivity index (χ3v) is 7.29. The molecule has 9 heteroatoms. The van der Waals surface area contributed by atoms with Crippen LogP contribution in [0.3, 0.4) is 0 Å². The Bertz CT molecular complexity index is 1020. The van der Waals surface area contributed by atoms with Crippen LogP contribution in [0, 0.1) is 0 Å². The second kappa shape index (κ2) is 10.9. The standard InChI is InChI=1S/C25H28N2O6S/c28-17(12-23(29)27-9-10-34-15-16(27)11-24(30)31)13-26-25(32)33-14-22-20-7-3-1-5-18(20)19-6-2-4-8-21(19)22/h1-8,16-17,22,28H,9-15H2,(H,26,32)(H,30,31). The zero-order valence-corrected chi connectivity index (χ0v) is 19.5. The summed E-state index contributed by atoms with van der Waals surface area (Å²) in [5, 5.41) is 21.9. The summed E-state index contributed by atoms with van der Waals surface area (Å²) in [6, 6.07) is 15.7. The van der Waals surface area contributed by atoms with Gasteiger partial charge in [0.1, 0.15) is 6.61 Å². The monoisotopic (exact) mass is 484 g/mol. The van der Waals surface area contributed by atoms with Gasteiger partial charge in [0, 0.05) is 30.5 Å². The summed E-state index contributed by atoms with van der Waals surface area (Å²) in [5.74, 6) is -0.0359. The van der Waals surface area contributed by atoms with Crippen LogP contribution in [0.25, 0.3) is 11.1 Å². The van der Waals surface area contributed by atoms with Crippen molar-refractivity contribution in [2.45, 2.75) is 30.9 Å². The largest absolute Gasteiger partial charge is 0.481 e. The Morgan fingerprint density at radius 1 is 1.09 bits per heavy atom. The molecule has 0 bridgehead atoms. The zero-order valence-electron chi connectivity index (χ0n) is 18.7. The second-order valence-corrected chi connectivity index (χ2v) is 9.63. The van der Waals surface area contributed by atoms with E-state index in [1.165, 1.54) is 4.90 Å². The number of aliphatic hydroxyl groups is 1. The fourth-order valence-electron chi connectivity index (χ4n) is 4.60. The average Bonchev–Trinajstić information content (AvgIpc) is 3.15. The van der Waals surface area contributed by atoms with Crippen LogP contribution in [0.4, 0.5) is 4.79 Å². The van der Waals surface area contributed by atoms with Gasteiger partial charge in [-0.05, 0) is 22.3 Å². The molecule has 1 saturated heterocycles. The van der Waals surface area contributed by atoms with Gasteiger partial charge in [-0.15, -0.1) is 0 Å². The van der Waals surface area contributed by atoms with Crippen LogP contribution in [-0.2, 0) is 14.3 Å². The lowest BCUT2D eigenvalue weighted by molar-refractivity contribution is -0.141. The molecule has 2 aromatic carbocycles. The molecule has 180 valence electrons. The Hall–Kier alpha value is -3.04. The molecule has 4 rings (SSSR count). The number of nitrogens with zero attached hydrogens (tertiary/aromatic N) is 1. The van der Waals surface area contributed by atoms with E-state index >= 15 is 0 Å². The van der Waals surface area contributed by atoms with E-state index in [1.807, 2.05) is 36.4 Å². The number of alkyl carbamates (subject to hydrolysis) is 1. The minimum atomic E-state index is -1.09. The van der Waals surface area contributed by atoms with Gasteiger partial charge in [0.25, 0.3) is 0 Å². The highest BCUT2D eigenvalue weighted by atomic mass is 32.2. The third kappa shape index (κ3) is 5.53. The lowest BCUT2D eigenvalue weighted by Gasteiger charge is -2.35. The minimum absolute atomic E-state index is 0.0622. The maximum atomic E-state index is 12.6. The summed E-state index contributed by atoms with van der Waals surface area (Å²) >= 11 is 1.61. The van der Waals surface area contributed by atoms with Crippen LogP contribution in [0.5, 0.6) is 0 Å². The predicted octanol–water partition coefficient (Wildman–Crippen LogP) is 2.69. The third-order valence-electron chi connectivity index (χ3n) is 6.19. The number of carboxylic acids is 1. The first-order valence-corrected chi connectivity index (χ1v) is 12.5. The van der Waals surface area contributed by atoms with Crippen LogP contribution in [0.2, 0.25) is 0 Å². The summed E-state index contributed by atoms with van der Waals surface area (Å²) in [5.41, 5.74) is 4.49. The molecule has 1 aliphatic heterocycles. The van der Waals surface area contributed by atoms with E-state index in [0.29, 0.717) is 12.3 Å². The molecule has 1 fully saturated rings. The van der Waals surface area contributed by atoms with Crippen molar-refractivity contribution in [1.29, 1.82) is 0 Å². The molecule has 0 radical (unpaired) electrons. The van der Waals surface area contributed by atoms with Crippen LogP contribution >= 0.6 is 11.8 Å². The van der Waals surface area contributed by atoms with Crippen molar-refractivity contribution in [3.8, 4) is 11.1 Å². The Labute approximate surface area is 202 Å². The van der Waals surface area contributed by atoms with Gasteiger partial charge in [-0.1, -0.05) is 48.5 Å². The Kier molecular flexibility index (Phi) is 7.74. The Balaban J connectivity index is 1.26. The quantitative estimate of drug-likeness (QED) is 0.528. The first kappa shape index (κ1) is 24.1. The molecular weight excluding hydrogens is 456 g/mol. The normalized spacial score (nSPS) is 18.0. The van der Waals surface area contributed by atoms with E-state index in [2.05, 4.69) is 17.4 Å². The number of carboxylic acid groups (broad SMARTS) is 1. The van der Waals surface area contributed by atoms with Gasteiger partial charge >= 0.3 is 12.1 Å². The SMILES string of the molecule is O=C(O)CC1CSCCN1C(=O)CC(O)CNC(=O)OCC1c2ccccc2-c2ccccc21. The minimum Gasteiger partial charge on any atom is -0.481 e. The van der Waals surface area contributed by atoms with Crippen molar-refractivity contribution in [3.05, 3.63) is 59.7 Å². The summed E-state index contributed by atoms with van der Waals surface area (Å²) in [6.45, 7) is 0.486. The van der Waals surface area contributed by atoms with Crippen molar-refractivity contribution < 1.29 is 29.3 Å². The number of ether oxygens (including phenoxy) is 1. The van der Waals surface area contributed by atoms with Crippen molar-refractivity contribution >= 4 is 29.7 Å². The predicted molar refractivity (Wildman–Crippen MR) is 129 cm³/mol. The molecule has 0 saturated carbocycles. The molecule has 1 heterocycles. The number of hydrogen-bond donors (Lipinski definition) is 3. The number of aliphatic carboxylic acids is 1. The number of benzene rings is 2. The highest BCUT2D eigenvalue weighted by Gasteiger charge is 2.31. The lowest BCUT2D eigenvalue weighted by Crippen LogP contribution is -2.48. The van der Waals surface area contributed by atoms with Gasteiger partial charge in [0.2, 0.25) is 5.91 Å². The first-order valence-electron chi connectivity index (χ1n) is 11.3. The highest BCUT2D eigenvalue weighted by molar-refractivity contribution is 7.99. The average molecular weight is 485 g/mol. The maximum Gasteiger partial charge on any atom is 0.407 e. The Morgan fingerprint density at radius 2 is 1.74 bits per heavy atom. The van der Waals surface area contributed by atoms with Crippen LogP contribution in [-0.4, -0.2) is 76.4 Å². The fourth-order valence-corrected chi connectivity index (χ4v) is 5.66. The van der Waals surface area contributed by atoms with Crippen molar-refractivity contribution in [3.63, 3.8) is 0 Å². The second-order valence-electron chi connectivity index (χ2n) is 8.48. The van der Waals surface area contributed by atoms with Gasteiger partial charge in [-0.2, -0.15) is 11.8 Å². The van der Waals surface area contributed by atoms with Gasteiger partial charge < -0.3 is 25.2 Å². The molecule has 3 N–H and O–H groups in total. The molecule has 8 nitrogen and oxygen atoms in total. The van der Waals surface area contributed by atoms with E-state index in [9.17, 15) is 19.5 Å². The smallest absolute Gasteiger partial charge is 0.407 e. The summed E-state index contributed by atoms with van der Waals surface area (Å²) in [6.07, 6.45) is -2.06. The van der Waals surface area contributed by atoms with E-state index < -0.39 is 18.2 Å². The number of nitrogens with one attached hydrogen (secondary N) is 1. The van der Waals surface area contributed by atoms with Gasteiger partial charge in [0.15, 0.2) is 0 Å². The number of aliphatic hydroxyl groups excluding tert-OH is 1. The van der Waals surface area contributed by atoms with E-state index in [4.69, 9.17) is 9.84 Å². The number of fused-ring (bicyclic) bond motifs is 3. The number of carbonyl (C=O) groups is 3. The Morgan fingerprint density at radius 3 is 2.38 bits per heavy atom. The van der Waals surface area contributed by atoms with Crippen LogP contribution < -0.4 is 5.32 Å². The molecule has 2 aromatic rings. The molecule has 2 unspecified atom stereocenters. The summed E-state index contributed by atoms with van der Waals surface area (Å²) in [7, 11) is 0. The van der Waals surface area contributed by atoms with Gasteiger partial charge in [-0.3, -0.25) is 9.59 Å². The molecule has 1 aliphatic carbocycles. The van der Waals surface area contributed by atoms with Crippen LogP contribution in [0.15, 0.2) is 48.5 Å². The maximum absolute atomic E-state index is 12.6. The summed E-state index contributed by atoms with van der Waals surface area (Å²) in [4.78, 5) is 37.5. The van der Waals surface area contributed by atoms with Crippen molar-refractivity contribution in [2.24, 2.45) is 0 Å². The molecule has 2 atom stereocenters. The summed E-state index contributed by atoms with van der Waals surface area (Å²) < 4.78 is 5.45.